The summed E-state index contributed by atoms with van der Waals surface area (Å²) in [5.74, 6) is -1.07. The Kier molecular flexibility index (Phi) is 5.19. The van der Waals surface area contributed by atoms with Crippen molar-refractivity contribution < 1.29 is 14.3 Å². The Hall–Kier alpha value is -4.10. The number of fused-ring (bicyclic) bond motifs is 3. The molecule has 3 aromatic rings. The highest BCUT2D eigenvalue weighted by Crippen LogP contribution is 2.45. The van der Waals surface area contributed by atoms with Gasteiger partial charge in [-0.3, -0.25) is 4.79 Å². The molecule has 0 amide bonds. The van der Waals surface area contributed by atoms with E-state index in [9.17, 15) is 14.9 Å². The summed E-state index contributed by atoms with van der Waals surface area (Å²) >= 11 is 1.29. The van der Waals surface area contributed by atoms with Crippen LogP contribution in [0.5, 0.6) is 5.75 Å². The number of rotatable bonds is 5. The van der Waals surface area contributed by atoms with Gasteiger partial charge in [0.2, 0.25) is 5.88 Å². The fourth-order valence-corrected chi connectivity index (χ4v) is 4.32. The number of allylic oxidation sites excluding steroid dienone is 1. The Labute approximate surface area is 180 Å². The number of nitrogens with one attached hydrogen (secondary N) is 2. The molecule has 0 saturated heterocycles. The van der Waals surface area contributed by atoms with E-state index >= 15 is 0 Å². The molecule has 0 fully saturated rings. The third-order valence-corrected chi connectivity index (χ3v) is 5.80. The molecule has 4 N–H and O–H groups in total. The lowest BCUT2D eigenvalue weighted by molar-refractivity contribution is 0.0600. The van der Waals surface area contributed by atoms with Crippen LogP contribution in [0.25, 0.3) is 10.3 Å². The molecule has 0 aliphatic carbocycles. The Morgan fingerprint density at radius 1 is 1.48 bits per heavy atom. The van der Waals surface area contributed by atoms with Crippen LogP contribution in [0.3, 0.4) is 0 Å². The van der Waals surface area contributed by atoms with Crippen LogP contribution in [-0.4, -0.2) is 29.6 Å². The van der Waals surface area contributed by atoms with Gasteiger partial charge >= 0.3 is 5.97 Å². The Bertz CT molecular complexity index is 1330. The highest BCUT2D eigenvalue weighted by molar-refractivity contribution is 7.22. The fraction of sp³-hybridized carbons (Fsp3) is 0.143. The van der Waals surface area contributed by atoms with Crippen LogP contribution < -0.4 is 21.3 Å². The van der Waals surface area contributed by atoms with Gasteiger partial charge in [-0.2, -0.15) is 5.26 Å². The summed E-state index contributed by atoms with van der Waals surface area (Å²) < 4.78 is 11.1. The average Bonchev–Trinajstić information content (AvgIpc) is 3.19. The molecule has 4 rings (SSSR count). The number of hydrogen-bond acceptors (Lipinski definition) is 9. The molecular weight excluding hydrogens is 418 g/mol. The van der Waals surface area contributed by atoms with Gasteiger partial charge in [-0.05, 0) is 17.7 Å². The second-order valence-electron chi connectivity index (χ2n) is 6.60. The van der Waals surface area contributed by atoms with E-state index in [2.05, 4.69) is 21.9 Å². The minimum atomic E-state index is -0.764. The van der Waals surface area contributed by atoms with Crippen molar-refractivity contribution in [3.63, 3.8) is 0 Å². The van der Waals surface area contributed by atoms with Crippen molar-refractivity contribution in [2.75, 3.05) is 19.0 Å². The van der Waals surface area contributed by atoms with Gasteiger partial charge in [0.1, 0.15) is 16.3 Å². The number of hydrogen-bond donors (Lipinski definition) is 3. The van der Waals surface area contributed by atoms with Crippen LogP contribution in [0.4, 0.5) is 5.13 Å². The summed E-state index contributed by atoms with van der Waals surface area (Å²) in [6.07, 6.45) is 1.69. The Balaban J connectivity index is 1.90. The van der Waals surface area contributed by atoms with Gasteiger partial charge in [-0.25, -0.2) is 9.78 Å². The summed E-state index contributed by atoms with van der Waals surface area (Å²) in [5, 5.41) is 13.4. The number of nitrogens with two attached hydrogens (primary N) is 1. The zero-order valence-corrected chi connectivity index (χ0v) is 17.2. The molecule has 0 bridgehead atoms. The molecule has 1 aliphatic heterocycles. The highest BCUT2D eigenvalue weighted by atomic mass is 32.1. The van der Waals surface area contributed by atoms with Gasteiger partial charge in [-0.1, -0.05) is 29.5 Å². The SMILES string of the molecule is C=CCNc1nc2[nH]c(=O)c3c(c2s1)OC(N)=C(C#N)[C@@H]3c1ccc(C(=O)OC)cc1. The summed E-state index contributed by atoms with van der Waals surface area (Å²) in [5.41, 5.74) is 7.29. The standard InChI is InChI=1S/C21H17N5O4S/c1-3-8-24-21-26-18-16(31-21)15-14(19(27)25-18)13(12(9-22)17(23)30-15)10-4-6-11(7-5-10)20(28)29-2/h3-7,13H,1,8,23H2,2H3,(H2,24,25,26,27)/t13-/m0/s1. The van der Waals surface area contributed by atoms with Crippen molar-refractivity contribution in [2.45, 2.75) is 5.92 Å². The van der Waals surface area contributed by atoms with Crippen molar-refractivity contribution in [3.05, 3.63) is 75.4 Å². The number of carbonyl (C=O) groups is 1. The van der Waals surface area contributed by atoms with Gasteiger partial charge in [0, 0.05) is 6.54 Å². The molecular formula is C21H17N5O4S. The number of carbonyl (C=O) groups excluding carboxylic acids is 1. The predicted octanol–water partition coefficient (Wildman–Crippen LogP) is 2.59. The van der Waals surface area contributed by atoms with E-state index in [0.29, 0.717) is 33.2 Å². The summed E-state index contributed by atoms with van der Waals surface area (Å²) in [6.45, 7) is 4.16. The number of pyridine rings is 1. The molecule has 10 heteroatoms. The molecule has 31 heavy (non-hydrogen) atoms. The van der Waals surface area contributed by atoms with Gasteiger partial charge in [-0.15, -0.1) is 6.58 Å². The third kappa shape index (κ3) is 3.41. The van der Waals surface area contributed by atoms with Gasteiger partial charge in [0.05, 0.1) is 24.2 Å². The maximum Gasteiger partial charge on any atom is 0.337 e. The van der Waals surface area contributed by atoms with Gasteiger partial charge in [0.15, 0.2) is 16.5 Å². The van der Waals surface area contributed by atoms with Crippen molar-refractivity contribution in [1.82, 2.24) is 9.97 Å². The van der Waals surface area contributed by atoms with Crippen molar-refractivity contribution in [2.24, 2.45) is 5.73 Å². The Morgan fingerprint density at radius 3 is 2.87 bits per heavy atom. The summed E-state index contributed by atoms with van der Waals surface area (Å²) in [4.78, 5) is 31.9. The van der Waals surface area contributed by atoms with E-state index in [4.69, 9.17) is 15.2 Å². The van der Waals surface area contributed by atoms with Gasteiger partial charge < -0.3 is 25.5 Å². The number of esters is 1. The second-order valence-corrected chi connectivity index (χ2v) is 7.60. The number of nitrogens with zero attached hydrogens (tertiary/aromatic N) is 2. The smallest absolute Gasteiger partial charge is 0.337 e. The topological polar surface area (TPSA) is 143 Å². The zero-order chi connectivity index (χ0) is 22.1. The van der Waals surface area contributed by atoms with Crippen LogP contribution in [-0.2, 0) is 4.74 Å². The number of methoxy groups -OCH3 is 1. The molecule has 9 nitrogen and oxygen atoms in total. The predicted molar refractivity (Wildman–Crippen MR) is 116 cm³/mol. The lowest BCUT2D eigenvalue weighted by Gasteiger charge is -2.25. The molecule has 0 spiro atoms. The molecule has 0 saturated carbocycles. The maximum absolute atomic E-state index is 13.0. The summed E-state index contributed by atoms with van der Waals surface area (Å²) in [6, 6.07) is 8.50. The quantitative estimate of drug-likeness (QED) is 0.410. The van der Waals surface area contributed by atoms with E-state index < -0.39 is 17.4 Å². The lowest BCUT2D eigenvalue weighted by Crippen LogP contribution is -2.27. The van der Waals surface area contributed by atoms with Crippen LogP contribution >= 0.6 is 11.3 Å². The molecule has 3 heterocycles. The average molecular weight is 435 g/mol. The minimum Gasteiger partial charge on any atom is -0.465 e. The number of aromatic amines is 1. The molecule has 0 unspecified atom stereocenters. The third-order valence-electron chi connectivity index (χ3n) is 4.79. The molecule has 2 aromatic heterocycles. The molecule has 1 atom stereocenters. The first-order valence-corrected chi connectivity index (χ1v) is 9.97. The van der Waals surface area contributed by atoms with Crippen molar-refractivity contribution >= 4 is 32.8 Å². The van der Waals surface area contributed by atoms with E-state index in [0.717, 1.165) is 0 Å². The zero-order valence-electron chi connectivity index (χ0n) is 16.4. The maximum atomic E-state index is 13.0. The minimum absolute atomic E-state index is 0.0852. The lowest BCUT2D eigenvalue weighted by atomic mass is 9.84. The molecule has 0 radical (unpaired) electrons. The molecule has 1 aromatic carbocycles. The molecule has 156 valence electrons. The Morgan fingerprint density at radius 2 is 2.23 bits per heavy atom. The normalized spacial score (nSPS) is 15.0. The molecule has 1 aliphatic rings. The largest absolute Gasteiger partial charge is 0.465 e. The first-order valence-electron chi connectivity index (χ1n) is 9.15. The van der Waals surface area contributed by atoms with Crippen molar-refractivity contribution in [1.29, 1.82) is 5.26 Å². The highest BCUT2D eigenvalue weighted by Gasteiger charge is 2.35. The first kappa shape index (κ1) is 20.2. The van der Waals surface area contributed by atoms with Crippen LogP contribution in [0, 0.1) is 11.3 Å². The number of H-pyrrole nitrogens is 1. The van der Waals surface area contributed by atoms with E-state index in [1.165, 1.54) is 18.4 Å². The number of nitriles is 1. The fourth-order valence-electron chi connectivity index (χ4n) is 3.39. The van der Waals surface area contributed by atoms with E-state index in [1.807, 2.05) is 6.07 Å². The van der Waals surface area contributed by atoms with E-state index in [1.54, 1.807) is 30.3 Å². The van der Waals surface area contributed by atoms with E-state index in [-0.39, 0.29) is 22.8 Å². The van der Waals surface area contributed by atoms with Crippen LogP contribution in [0.2, 0.25) is 0 Å². The number of aromatic nitrogens is 2. The van der Waals surface area contributed by atoms with Crippen LogP contribution in [0.1, 0.15) is 27.4 Å². The van der Waals surface area contributed by atoms with Crippen molar-refractivity contribution in [3.8, 4) is 11.8 Å². The number of ether oxygens (including phenoxy) is 2. The van der Waals surface area contributed by atoms with Gasteiger partial charge in [0.25, 0.3) is 5.56 Å². The summed E-state index contributed by atoms with van der Waals surface area (Å²) in [7, 11) is 1.29. The first-order chi connectivity index (χ1) is 15.0. The second kappa shape index (κ2) is 7.97. The van der Waals surface area contributed by atoms with Crippen LogP contribution in [0.15, 0.2) is 53.2 Å². The monoisotopic (exact) mass is 435 g/mol. The number of anilines is 1. The number of benzene rings is 1. The number of thiazole rings is 1.